The third-order valence-corrected chi connectivity index (χ3v) is 3.74. The van der Waals surface area contributed by atoms with Crippen molar-refractivity contribution >= 4 is 29.1 Å². The summed E-state index contributed by atoms with van der Waals surface area (Å²) >= 11 is 0. The number of urea groups is 1. The van der Waals surface area contributed by atoms with Crippen LogP contribution in [0.15, 0.2) is 28.7 Å². The lowest BCUT2D eigenvalue weighted by Crippen LogP contribution is -2.52. The Balaban J connectivity index is 1.53. The Labute approximate surface area is 132 Å². The first-order valence-electron chi connectivity index (χ1n) is 7.48. The minimum atomic E-state index is -0.925. The van der Waals surface area contributed by atoms with E-state index < -0.39 is 5.97 Å². The van der Waals surface area contributed by atoms with E-state index in [1.165, 1.54) is 0 Å². The lowest BCUT2D eigenvalue weighted by Gasteiger charge is -2.33. The van der Waals surface area contributed by atoms with Crippen LogP contribution in [0.25, 0.3) is 11.1 Å². The normalized spacial score (nSPS) is 15.0. The SMILES string of the molecule is O=C(O)CCNC(=O)N1CCN(c2nc3ccccc3o2)CC1. The Kier molecular flexibility index (Phi) is 4.31. The maximum absolute atomic E-state index is 11.9. The Bertz CT molecular complexity index is 673. The highest BCUT2D eigenvalue weighted by Crippen LogP contribution is 2.22. The average molecular weight is 318 g/mol. The van der Waals surface area contributed by atoms with Crippen molar-refractivity contribution in [2.75, 3.05) is 37.6 Å². The quantitative estimate of drug-likeness (QED) is 0.877. The van der Waals surface area contributed by atoms with Crippen LogP contribution in [0, 0.1) is 0 Å². The molecule has 1 aromatic carbocycles. The number of anilines is 1. The molecule has 0 saturated carbocycles. The van der Waals surface area contributed by atoms with Gasteiger partial charge >= 0.3 is 12.0 Å². The number of hydrogen-bond acceptors (Lipinski definition) is 5. The van der Waals surface area contributed by atoms with Gasteiger partial charge in [0.05, 0.1) is 6.42 Å². The van der Waals surface area contributed by atoms with Gasteiger partial charge < -0.3 is 24.6 Å². The van der Waals surface area contributed by atoms with Crippen molar-refractivity contribution in [2.24, 2.45) is 0 Å². The number of aromatic nitrogens is 1. The van der Waals surface area contributed by atoms with Gasteiger partial charge in [0.2, 0.25) is 0 Å². The summed E-state index contributed by atoms with van der Waals surface area (Å²) in [5, 5.41) is 11.2. The van der Waals surface area contributed by atoms with Gasteiger partial charge in [0.15, 0.2) is 5.58 Å². The first-order valence-corrected chi connectivity index (χ1v) is 7.48. The average Bonchev–Trinajstić information content (AvgIpc) is 2.98. The standard InChI is InChI=1S/C15H18N4O4/c20-13(21)5-6-16-14(22)18-7-9-19(10-8-18)15-17-11-3-1-2-4-12(11)23-15/h1-4H,5-10H2,(H,16,22)(H,20,21). The van der Waals surface area contributed by atoms with Crippen LogP contribution in [0.3, 0.4) is 0 Å². The number of rotatable bonds is 4. The molecule has 0 radical (unpaired) electrons. The van der Waals surface area contributed by atoms with Crippen molar-refractivity contribution in [3.8, 4) is 0 Å². The van der Waals surface area contributed by atoms with E-state index in [2.05, 4.69) is 10.3 Å². The van der Waals surface area contributed by atoms with E-state index in [9.17, 15) is 9.59 Å². The van der Waals surface area contributed by atoms with E-state index in [0.717, 1.165) is 11.1 Å². The molecule has 23 heavy (non-hydrogen) atoms. The number of nitrogens with one attached hydrogen (secondary N) is 1. The lowest BCUT2D eigenvalue weighted by atomic mass is 10.3. The number of carbonyl (C=O) groups excluding carboxylic acids is 1. The fraction of sp³-hybridized carbons (Fsp3) is 0.400. The molecule has 1 aromatic heterocycles. The maximum atomic E-state index is 11.9. The topological polar surface area (TPSA) is 98.9 Å². The molecule has 2 aromatic rings. The van der Waals surface area contributed by atoms with Crippen LogP contribution >= 0.6 is 0 Å². The molecule has 1 aliphatic rings. The predicted molar refractivity (Wildman–Crippen MR) is 83.4 cm³/mol. The molecule has 1 aliphatic heterocycles. The summed E-state index contributed by atoms with van der Waals surface area (Å²) in [6.45, 7) is 2.47. The molecule has 1 fully saturated rings. The number of benzene rings is 1. The maximum Gasteiger partial charge on any atom is 0.317 e. The zero-order valence-electron chi connectivity index (χ0n) is 12.6. The van der Waals surface area contributed by atoms with Crippen molar-refractivity contribution < 1.29 is 19.1 Å². The molecule has 0 aliphatic carbocycles. The van der Waals surface area contributed by atoms with E-state index in [4.69, 9.17) is 9.52 Å². The molecule has 0 spiro atoms. The van der Waals surface area contributed by atoms with Crippen LogP contribution in [-0.4, -0.2) is 59.7 Å². The van der Waals surface area contributed by atoms with Gasteiger partial charge in [-0.15, -0.1) is 0 Å². The minimum absolute atomic E-state index is 0.0748. The first-order chi connectivity index (χ1) is 11.1. The summed E-state index contributed by atoms with van der Waals surface area (Å²) in [5.74, 6) is -0.925. The van der Waals surface area contributed by atoms with Gasteiger partial charge in [0.25, 0.3) is 6.01 Å². The van der Waals surface area contributed by atoms with Gasteiger partial charge in [-0.1, -0.05) is 12.1 Å². The summed E-state index contributed by atoms with van der Waals surface area (Å²) in [6.07, 6.45) is -0.0748. The van der Waals surface area contributed by atoms with Gasteiger partial charge in [-0.05, 0) is 12.1 Å². The third kappa shape index (κ3) is 3.53. The van der Waals surface area contributed by atoms with E-state index in [1.807, 2.05) is 29.2 Å². The molecule has 8 nitrogen and oxygen atoms in total. The van der Waals surface area contributed by atoms with Gasteiger partial charge in [-0.3, -0.25) is 4.79 Å². The molecule has 2 amide bonds. The van der Waals surface area contributed by atoms with Crippen LogP contribution in [0.5, 0.6) is 0 Å². The fourth-order valence-corrected chi connectivity index (χ4v) is 2.48. The molecule has 3 rings (SSSR count). The summed E-state index contributed by atoms with van der Waals surface area (Å²) in [5.41, 5.74) is 1.56. The Morgan fingerprint density at radius 2 is 1.96 bits per heavy atom. The van der Waals surface area contributed by atoms with Gasteiger partial charge in [-0.25, -0.2) is 4.79 Å². The number of oxazole rings is 1. The Morgan fingerprint density at radius 3 is 2.65 bits per heavy atom. The van der Waals surface area contributed by atoms with Gasteiger partial charge in [0.1, 0.15) is 5.52 Å². The Morgan fingerprint density at radius 1 is 1.22 bits per heavy atom. The number of piperazine rings is 1. The minimum Gasteiger partial charge on any atom is -0.481 e. The summed E-state index contributed by atoms with van der Waals surface area (Å²) in [4.78, 5) is 30.5. The molecular weight excluding hydrogens is 300 g/mol. The molecule has 2 heterocycles. The van der Waals surface area contributed by atoms with Crippen LogP contribution in [-0.2, 0) is 4.79 Å². The third-order valence-electron chi connectivity index (χ3n) is 3.74. The number of hydrogen-bond donors (Lipinski definition) is 2. The van der Waals surface area contributed by atoms with Crippen LogP contribution in [0.1, 0.15) is 6.42 Å². The second-order valence-corrected chi connectivity index (χ2v) is 5.31. The Hall–Kier alpha value is -2.77. The number of carboxylic acids is 1. The summed E-state index contributed by atoms with van der Waals surface area (Å²) in [7, 11) is 0. The van der Waals surface area contributed by atoms with Crippen LogP contribution in [0.2, 0.25) is 0 Å². The highest BCUT2D eigenvalue weighted by molar-refractivity contribution is 5.76. The van der Waals surface area contributed by atoms with E-state index in [0.29, 0.717) is 32.2 Å². The van der Waals surface area contributed by atoms with Crippen LogP contribution in [0.4, 0.5) is 10.8 Å². The fourth-order valence-electron chi connectivity index (χ4n) is 2.48. The molecule has 122 valence electrons. The number of carbonyl (C=O) groups is 2. The molecule has 1 saturated heterocycles. The monoisotopic (exact) mass is 318 g/mol. The largest absolute Gasteiger partial charge is 0.481 e. The number of amides is 2. The number of nitrogens with zero attached hydrogens (tertiary/aromatic N) is 3. The first kappa shape index (κ1) is 15.1. The van der Waals surface area contributed by atoms with Crippen LogP contribution < -0.4 is 10.2 Å². The second kappa shape index (κ2) is 6.55. The number of fused-ring (bicyclic) bond motifs is 1. The summed E-state index contributed by atoms with van der Waals surface area (Å²) < 4.78 is 5.72. The number of carboxylic acid groups (broad SMARTS) is 1. The molecular formula is C15H18N4O4. The molecule has 0 unspecified atom stereocenters. The zero-order valence-corrected chi connectivity index (χ0v) is 12.6. The highest BCUT2D eigenvalue weighted by atomic mass is 16.4. The molecule has 2 N–H and O–H groups in total. The van der Waals surface area contributed by atoms with E-state index >= 15 is 0 Å². The smallest absolute Gasteiger partial charge is 0.317 e. The lowest BCUT2D eigenvalue weighted by molar-refractivity contribution is -0.136. The van der Waals surface area contributed by atoms with Gasteiger partial charge in [0, 0.05) is 32.7 Å². The van der Waals surface area contributed by atoms with Gasteiger partial charge in [-0.2, -0.15) is 4.98 Å². The highest BCUT2D eigenvalue weighted by Gasteiger charge is 2.23. The molecule has 0 bridgehead atoms. The molecule has 8 heteroatoms. The van der Waals surface area contributed by atoms with Crippen molar-refractivity contribution in [1.29, 1.82) is 0 Å². The second-order valence-electron chi connectivity index (χ2n) is 5.31. The predicted octanol–water partition coefficient (Wildman–Crippen LogP) is 1.13. The number of aliphatic carboxylic acids is 1. The zero-order chi connectivity index (χ0) is 16.2. The molecule has 0 atom stereocenters. The van der Waals surface area contributed by atoms with Crippen molar-refractivity contribution in [2.45, 2.75) is 6.42 Å². The van der Waals surface area contributed by atoms with E-state index in [-0.39, 0.29) is 19.0 Å². The number of para-hydroxylation sites is 2. The van der Waals surface area contributed by atoms with Crippen molar-refractivity contribution in [1.82, 2.24) is 15.2 Å². The van der Waals surface area contributed by atoms with Crippen molar-refractivity contribution in [3.63, 3.8) is 0 Å². The van der Waals surface area contributed by atoms with E-state index in [1.54, 1.807) is 4.90 Å². The summed E-state index contributed by atoms with van der Waals surface area (Å²) in [6, 6.07) is 7.91. The van der Waals surface area contributed by atoms with Crippen molar-refractivity contribution in [3.05, 3.63) is 24.3 Å².